The average molecular weight is 391 g/mol. The zero-order chi connectivity index (χ0) is 20.1. The number of nitrogens with zero attached hydrogens (tertiary/aromatic N) is 3. The molecule has 1 aliphatic rings. The second kappa shape index (κ2) is 8.90. The van der Waals surface area contributed by atoms with Crippen molar-refractivity contribution < 1.29 is 4.39 Å². The molecule has 0 unspecified atom stereocenters. The van der Waals surface area contributed by atoms with Crippen LogP contribution in [0.4, 0.5) is 27.4 Å². The van der Waals surface area contributed by atoms with Gasteiger partial charge in [0.05, 0.1) is 0 Å². The molecule has 3 aromatic rings. The SMILES string of the molecule is CC1CCN(c2ccc(Nc3cc(NCc4ccc(F)cc4)ncn3)cc2)CC1. The van der Waals surface area contributed by atoms with Crippen LogP contribution in [0, 0.1) is 11.7 Å². The molecule has 150 valence electrons. The Morgan fingerprint density at radius 2 is 1.66 bits per heavy atom. The first kappa shape index (κ1) is 19.2. The highest BCUT2D eigenvalue weighted by molar-refractivity contribution is 5.62. The number of aromatic nitrogens is 2. The molecule has 1 aliphatic heterocycles. The maximum absolute atomic E-state index is 13.0. The number of anilines is 4. The topological polar surface area (TPSA) is 53.1 Å². The number of nitrogens with one attached hydrogen (secondary N) is 2. The second-order valence-corrected chi connectivity index (χ2v) is 7.61. The van der Waals surface area contributed by atoms with E-state index in [0.717, 1.165) is 36.1 Å². The number of hydrogen-bond acceptors (Lipinski definition) is 5. The first-order valence-corrected chi connectivity index (χ1v) is 10.1. The van der Waals surface area contributed by atoms with Crippen LogP contribution in [-0.4, -0.2) is 23.1 Å². The molecule has 1 saturated heterocycles. The Kier molecular flexibility index (Phi) is 5.89. The molecular weight excluding hydrogens is 365 g/mol. The highest BCUT2D eigenvalue weighted by Crippen LogP contribution is 2.25. The maximum Gasteiger partial charge on any atom is 0.135 e. The summed E-state index contributed by atoms with van der Waals surface area (Å²) in [4.78, 5) is 11.0. The summed E-state index contributed by atoms with van der Waals surface area (Å²) < 4.78 is 13.0. The Morgan fingerprint density at radius 3 is 2.38 bits per heavy atom. The molecule has 0 radical (unpaired) electrons. The second-order valence-electron chi connectivity index (χ2n) is 7.61. The molecule has 0 bridgehead atoms. The van der Waals surface area contributed by atoms with Crippen LogP contribution in [0.15, 0.2) is 60.9 Å². The minimum Gasteiger partial charge on any atom is -0.372 e. The minimum absolute atomic E-state index is 0.233. The number of rotatable bonds is 6. The fourth-order valence-corrected chi connectivity index (χ4v) is 3.49. The summed E-state index contributed by atoms with van der Waals surface area (Å²) in [6, 6.07) is 16.8. The number of halogens is 1. The molecule has 5 nitrogen and oxygen atoms in total. The van der Waals surface area contributed by atoms with Crippen LogP contribution >= 0.6 is 0 Å². The highest BCUT2D eigenvalue weighted by Gasteiger charge is 2.15. The normalized spacial score (nSPS) is 14.6. The van der Waals surface area contributed by atoms with Crippen molar-refractivity contribution in [2.24, 2.45) is 5.92 Å². The summed E-state index contributed by atoms with van der Waals surface area (Å²) in [6.07, 6.45) is 4.04. The van der Waals surface area contributed by atoms with Crippen molar-refractivity contribution in [3.63, 3.8) is 0 Å². The van der Waals surface area contributed by atoms with Crippen molar-refractivity contribution in [1.82, 2.24) is 9.97 Å². The van der Waals surface area contributed by atoms with Crippen LogP contribution in [0.1, 0.15) is 25.3 Å². The Balaban J connectivity index is 1.35. The first-order chi connectivity index (χ1) is 14.2. The van der Waals surface area contributed by atoms with E-state index in [-0.39, 0.29) is 5.82 Å². The molecule has 0 atom stereocenters. The van der Waals surface area contributed by atoms with Crippen LogP contribution < -0.4 is 15.5 Å². The van der Waals surface area contributed by atoms with Gasteiger partial charge in [0.1, 0.15) is 23.8 Å². The molecule has 6 heteroatoms. The lowest BCUT2D eigenvalue weighted by atomic mass is 9.99. The summed E-state index contributed by atoms with van der Waals surface area (Å²) in [5.74, 6) is 2.03. The van der Waals surface area contributed by atoms with E-state index in [4.69, 9.17) is 0 Å². The summed E-state index contributed by atoms with van der Waals surface area (Å²) in [6.45, 7) is 5.15. The predicted octanol–water partition coefficient (Wildman–Crippen LogP) is 5.21. The Hall–Kier alpha value is -3.15. The van der Waals surface area contributed by atoms with Gasteiger partial charge in [-0.2, -0.15) is 0 Å². The third kappa shape index (κ3) is 5.22. The fraction of sp³-hybridized carbons (Fsp3) is 0.304. The van der Waals surface area contributed by atoms with Crippen LogP contribution in [0.25, 0.3) is 0 Å². The van der Waals surface area contributed by atoms with E-state index in [1.165, 1.54) is 37.0 Å². The molecule has 29 heavy (non-hydrogen) atoms. The standard InChI is InChI=1S/C23H26FN5/c1-17-10-12-29(13-11-17)21-8-6-20(7-9-21)28-23-14-22(26-16-27-23)25-15-18-2-4-19(24)5-3-18/h2-9,14,16-17H,10-13,15H2,1H3,(H2,25,26,27,28). The molecular formula is C23H26FN5. The minimum atomic E-state index is -0.233. The largest absolute Gasteiger partial charge is 0.372 e. The van der Waals surface area contributed by atoms with Crippen molar-refractivity contribution in [3.05, 3.63) is 72.3 Å². The van der Waals surface area contributed by atoms with Crippen molar-refractivity contribution in [1.29, 1.82) is 0 Å². The molecule has 2 heterocycles. The quantitative estimate of drug-likeness (QED) is 0.604. The highest BCUT2D eigenvalue weighted by atomic mass is 19.1. The maximum atomic E-state index is 13.0. The van der Waals surface area contributed by atoms with Crippen LogP contribution in [0.2, 0.25) is 0 Å². The lowest BCUT2D eigenvalue weighted by molar-refractivity contribution is 0.438. The van der Waals surface area contributed by atoms with Crippen molar-refractivity contribution >= 4 is 23.0 Å². The van der Waals surface area contributed by atoms with Crippen molar-refractivity contribution in [2.45, 2.75) is 26.3 Å². The van der Waals surface area contributed by atoms with Crippen molar-refractivity contribution in [2.75, 3.05) is 28.6 Å². The van der Waals surface area contributed by atoms with Gasteiger partial charge in [-0.05, 0) is 60.7 Å². The molecule has 2 N–H and O–H groups in total. The number of hydrogen-bond donors (Lipinski definition) is 2. The van der Waals surface area contributed by atoms with Gasteiger partial charge in [-0.1, -0.05) is 19.1 Å². The lowest BCUT2D eigenvalue weighted by Crippen LogP contribution is -2.32. The van der Waals surface area contributed by atoms with E-state index >= 15 is 0 Å². The van der Waals surface area contributed by atoms with Gasteiger partial charge in [-0.25, -0.2) is 14.4 Å². The first-order valence-electron chi connectivity index (χ1n) is 10.1. The van der Waals surface area contributed by atoms with Crippen LogP contribution in [0.3, 0.4) is 0 Å². The molecule has 4 rings (SSSR count). The molecule has 0 amide bonds. The summed E-state index contributed by atoms with van der Waals surface area (Å²) >= 11 is 0. The van der Waals surface area contributed by atoms with Gasteiger partial charge in [0, 0.05) is 37.1 Å². The number of benzene rings is 2. The van der Waals surface area contributed by atoms with E-state index in [1.54, 1.807) is 12.1 Å². The van der Waals surface area contributed by atoms with E-state index in [1.807, 2.05) is 6.07 Å². The Bertz CT molecular complexity index is 919. The molecule has 1 fully saturated rings. The summed E-state index contributed by atoms with van der Waals surface area (Å²) in [7, 11) is 0. The monoisotopic (exact) mass is 391 g/mol. The smallest absolute Gasteiger partial charge is 0.135 e. The van der Waals surface area contributed by atoms with Gasteiger partial charge in [0.15, 0.2) is 0 Å². The Labute approximate surface area is 171 Å². The predicted molar refractivity (Wildman–Crippen MR) is 116 cm³/mol. The zero-order valence-corrected chi connectivity index (χ0v) is 16.6. The Morgan fingerprint density at radius 1 is 0.966 bits per heavy atom. The molecule has 0 spiro atoms. The summed E-state index contributed by atoms with van der Waals surface area (Å²) in [5.41, 5.74) is 3.25. The molecule has 1 aromatic heterocycles. The van der Waals surface area contributed by atoms with E-state index < -0.39 is 0 Å². The zero-order valence-electron chi connectivity index (χ0n) is 16.6. The fourth-order valence-electron chi connectivity index (χ4n) is 3.49. The third-order valence-electron chi connectivity index (χ3n) is 5.34. The number of piperidine rings is 1. The van der Waals surface area contributed by atoms with Crippen molar-refractivity contribution in [3.8, 4) is 0 Å². The lowest BCUT2D eigenvalue weighted by Gasteiger charge is -2.32. The van der Waals surface area contributed by atoms with Crippen LogP contribution in [0.5, 0.6) is 0 Å². The average Bonchev–Trinajstić information content (AvgIpc) is 2.75. The van der Waals surface area contributed by atoms with E-state index in [2.05, 4.69) is 56.7 Å². The molecule has 2 aromatic carbocycles. The van der Waals surface area contributed by atoms with Gasteiger partial charge in [-0.15, -0.1) is 0 Å². The van der Waals surface area contributed by atoms with Gasteiger partial charge in [-0.3, -0.25) is 0 Å². The van der Waals surface area contributed by atoms with E-state index in [9.17, 15) is 4.39 Å². The van der Waals surface area contributed by atoms with E-state index in [0.29, 0.717) is 12.4 Å². The molecule has 0 saturated carbocycles. The summed E-state index contributed by atoms with van der Waals surface area (Å²) in [5, 5.41) is 6.57. The molecule has 0 aliphatic carbocycles. The van der Waals surface area contributed by atoms with Gasteiger partial charge >= 0.3 is 0 Å². The third-order valence-corrected chi connectivity index (χ3v) is 5.34. The van der Waals surface area contributed by atoms with Gasteiger partial charge < -0.3 is 15.5 Å². The van der Waals surface area contributed by atoms with Gasteiger partial charge in [0.2, 0.25) is 0 Å². The van der Waals surface area contributed by atoms with Gasteiger partial charge in [0.25, 0.3) is 0 Å². The van der Waals surface area contributed by atoms with Crippen LogP contribution in [-0.2, 0) is 6.54 Å².